The van der Waals surface area contributed by atoms with Gasteiger partial charge in [-0.3, -0.25) is 28.8 Å². The number of aliphatic carboxylic acids is 1. The molecule has 1 amide bonds. The Labute approximate surface area is 415 Å². The van der Waals surface area contributed by atoms with Crippen LogP contribution >= 0.6 is 0 Å². The Hall–Kier alpha value is -3.90. The molecule has 0 aromatic carbocycles. The topological polar surface area (TPSA) is 222 Å². The van der Waals surface area contributed by atoms with Gasteiger partial charge < -0.3 is 48.6 Å². The zero-order valence-corrected chi connectivity index (χ0v) is 43.3. The number of rotatable bonds is 10. The Morgan fingerprint density at radius 3 is 2.29 bits per heavy atom. The van der Waals surface area contributed by atoms with E-state index in [2.05, 4.69) is 0 Å². The van der Waals surface area contributed by atoms with Crippen LogP contribution in [0.25, 0.3) is 0 Å². The van der Waals surface area contributed by atoms with E-state index in [1.165, 1.54) is 12.0 Å². The first-order valence-electron chi connectivity index (χ1n) is 25.4. The second-order valence-corrected chi connectivity index (χ2v) is 20.7. The molecular weight excluding hydrogens is 903 g/mol. The van der Waals surface area contributed by atoms with Gasteiger partial charge >= 0.3 is 11.9 Å². The number of carboxylic acid groups (broad SMARTS) is 1. The number of allylic oxidation sites excluding steroid dienone is 6. The lowest BCUT2D eigenvalue weighted by Crippen LogP contribution is -2.59. The minimum Gasteiger partial charge on any atom is -0.481 e. The van der Waals surface area contributed by atoms with Crippen LogP contribution in [0.4, 0.5) is 0 Å². The van der Waals surface area contributed by atoms with E-state index in [1.807, 2.05) is 58.1 Å². The minimum absolute atomic E-state index is 0.00514. The zero-order chi connectivity index (χ0) is 51.9. The number of cyclic esters (lactones) is 1. The molecular formula is C54H83NO15. The van der Waals surface area contributed by atoms with Crippen LogP contribution in [0, 0.1) is 41.4 Å². The normalized spacial score (nSPS) is 37.6. The third-order valence-electron chi connectivity index (χ3n) is 15.1. The molecule has 3 heterocycles. The molecule has 2 saturated heterocycles. The number of methoxy groups -OCH3 is 3. The molecule has 2 unspecified atom stereocenters. The number of carbonyl (C=O) groups excluding carboxylic acids is 5. The molecule has 4 bridgehead atoms. The first-order chi connectivity index (χ1) is 33.1. The number of piperidine rings is 1. The summed E-state index contributed by atoms with van der Waals surface area (Å²) in [5, 5.41) is 32.4. The Balaban J connectivity index is 1.64. The predicted molar refractivity (Wildman–Crippen MR) is 261 cm³/mol. The summed E-state index contributed by atoms with van der Waals surface area (Å²) in [4.78, 5) is 82.6. The number of aliphatic hydroxyl groups excluding tert-OH is 1. The first kappa shape index (κ1) is 58.7. The van der Waals surface area contributed by atoms with Gasteiger partial charge in [0.05, 0.1) is 43.4 Å². The quantitative estimate of drug-likeness (QED) is 0.120. The number of hydrogen-bond acceptors (Lipinski definition) is 14. The van der Waals surface area contributed by atoms with Crippen molar-refractivity contribution in [2.75, 3.05) is 41.0 Å². The van der Waals surface area contributed by atoms with Crippen LogP contribution in [0.15, 0.2) is 47.6 Å². The van der Waals surface area contributed by atoms with Crippen molar-refractivity contribution >= 4 is 35.2 Å². The largest absolute Gasteiger partial charge is 0.481 e. The fourth-order valence-corrected chi connectivity index (χ4v) is 10.6. The molecule has 0 spiro atoms. The van der Waals surface area contributed by atoms with E-state index in [0.29, 0.717) is 63.4 Å². The third-order valence-corrected chi connectivity index (χ3v) is 15.1. The summed E-state index contributed by atoms with van der Waals surface area (Å²) in [6, 6.07) is 0. The van der Waals surface area contributed by atoms with Gasteiger partial charge in [0.25, 0.3) is 11.7 Å². The Morgan fingerprint density at radius 2 is 1.61 bits per heavy atom. The van der Waals surface area contributed by atoms with Crippen LogP contribution in [0.1, 0.15) is 126 Å². The lowest BCUT2D eigenvalue weighted by atomic mass is 9.78. The van der Waals surface area contributed by atoms with Crippen molar-refractivity contribution < 1.29 is 72.5 Å². The average molecular weight is 986 g/mol. The second-order valence-electron chi connectivity index (χ2n) is 20.7. The number of carbonyl (C=O) groups is 6. The smallest absolute Gasteiger partial charge is 0.311 e. The number of fused-ring (bicyclic) bond motifs is 4. The van der Waals surface area contributed by atoms with Crippen LogP contribution in [0.5, 0.6) is 0 Å². The molecule has 3 aliphatic heterocycles. The minimum atomic E-state index is -2.39. The molecule has 3 fully saturated rings. The molecule has 0 aromatic heterocycles. The van der Waals surface area contributed by atoms with E-state index >= 15 is 0 Å². The van der Waals surface area contributed by atoms with Gasteiger partial charge in [0.1, 0.15) is 24.1 Å². The zero-order valence-electron chi connectivity index (χ0n) is 43.3. The van der Waals surface area contributed by atoms with Crippen molar-refractivity contribution in [3.8, 4) is 0 Å². The fraction of sp³-hybridized carbons (Fsp3) is 0.741. The van der Waals surface area contributed by atoms with Gasteiger partial charge in [-0.05, 0) is 101 Å². The molecule has 0 aromatic rings. The second kappa shape index (κ2) is 27.8. The maximum absolute atomic E-state index is 14.2. The van der Waals surface area contributed by atoms with E-state index in [-0.39, 0.29) is 74.1 Å². The number of aliphatic hydroxyl groups is 2. The fourth-order valence-electron chi connectivity index (χ4n) is 10.6. The van der Waals surface area contributed by atoms with Crippen molar-refractivity contribution in [1.82, 2.24) is 4.90 Å². The highest BCUT2D eigenvalue weighted by Gasteiger charge is 2.52. The van der Waals surface area contributed by atoms with E-state index in [4.69, 9.17) is 33.5 Å². The van der Waals surface area contributed by atoms with Crippen LogP contribution in [-0.2, 0) is 57.2 Å². The van der Waals surface area contributed by atoms with Gasteiger partial charge in [-0.15, -0.1) is 0 Å². The van der Waals surface area contributed by atoms with Crippen molar-refractivity contribution in [3.05, 3.63) is 47.6 Å². The SMILES string of the molecule is CO[C@H]1C[C@@H]2CC[C@@H](C)[C@@](O)(O2)C(=O)C(=O)N2CCCC(C2)C(=O)O[C@H](C(C)C[C@@H]2CC[C@@H](OCCC(=O)O)[C@H](OC)C2)CC(=O)[C@H](C)/C=C(\C)[C@@H](O)[C@@H](OC)C(=O)[C@H](C)C[C@H](C)/C=C/C=C/C=C1C. The highest BCUT2D eigenvalue weighted by atomic mass is 16.6. The lowest BCUT2D eigenvalue weighted by Gasteiger charge is -2.42. The molecule has 1 aliphatic carbocycles. The van der Waals surface area contributed by atoms with Crippen molar-refractivity contribution in [2.45, 2.75) is 174 Å². The maximum atomic E-state index is 14.2. The van der Waals surface area contributed by atoms with Crippen LogP contribution in [0.2, 0.25) is 0 Å². The van der Waals surface area contributed by atoms with Gasteiger partial charge in [-0.1, -0.05) is 71.1 Å². The highest BCUT2D eigenvalue weighted by Crippen LogP contribution is 2.38. The van der Waals surface area contributed by atoms with E-state index in [0.717, 1.165) is 12.0 Å². The number of carboxylic acids is 1. The van der Waals surface area contributed by atoms with E-state index < -0.39 is 83.6 Å². The molecule has 15 atom stereocenters. The summed E-state index contributed by atoms with van der Waals surface area (Å²) < 4.78 is 35.5. The van der Waals surface area contributed by atoms with E-state index in [1.54, 1.807) is 41.1 Å². The van der Waals surface area contributed by atoms with Gasteiger partial charge in [0, 0.05) is 65.0 Å². The Bertz CT molecular complexity index is 1910. The standard InChI is InChI=1S/C54H83NO15/c1-32-15-12-11-13-16-33(2)44(65-8)29-41-20-18-38(7)54(64,70-41)51(61)52(62)55-23-14-17-40(31-55)53(63)69-45(35(4)27-39-19-21-43(46(28-39)66-9)68-24-22-47(57)58)30-42(56)34(3)26-37(6)49(60)50(67-10)48(59)36(5)25-32/h11-13,15-16,26,32,34-36,38-41,43-46,49-50,60,64H,14,17-25,27-31H2,1-10H3,(H,57,58)/b13-11+,15-12+,33-16?,37-26+/t32-,34-,35?,36-,38-,39+,40?,41+,43-,44+,45+,46-,49-,50+,54-/m1/s1. The molecule has 3 N–H and O–H groups in total. The predicted octanol–water partition coefficient (Wildman–Crippen LogP) is 6.54. The molecule has 70 heavy (non-hydrogen) atoms. The van der Waals surface area contributed by atoms with Gasteiger partial charge in [-0.25, -0.2) is 0 Å². The number of nitrogens with zero attached hydrogens (tertiary/aromatic N) is 1. The van der Waals surface area contributed by atoms with E-state index in [9.17, 15) is 39.0 Å². The third kappa shape index (κ3) is 16.3. The van der Waals surface area contributed by atoms with Crippen molar-refractivity contribution in [3.63, 3.8) is 0 Å². The number of esters is 1. The molecule has 394 valence electrons. The summed E-state index contributed by atoms with van der Waals surface area (Å²) in [7, 11) is 4.54. The molecule has 16 nitrogen and oxygen atoms in total. The van der Waals surface area contributed by atoms with Crippen molar-refractivity contribution in [2.24, 2.45) is 41.4 Å². The monoisotopic (exact) mass is 986 g/mol. The Kier molecular flexibility index (Phi) is 23.3. The first-order valence-corrected chi connectivity index (χ1v) is 25.4. The summed E-state index contributed by atoms with van der Waals surface area (Å²) in [6.45, 7) is 12.8. The van der Waals surface area contributed by atoms with Gasteiger partial charge in [0.2, 0.25) is 5.79 Å². The van der Waals surface area contributed by atoms with Gasteiger partial charge in [-0.2, -0.15) is 0 Å². The molecule has 0 radical (unpaired) electrons. The summed E-state index contributed by atoms with van der Waals surface area (Å²) in [5.74, 6) is -9.41. The van der Waals surface area contributed by atoms with Crippen molar-refractivity contribution in [1.29, 1.82) is 0 Å². The molecule has 4 aliphatic rings. The summed E-state index contributed by atoms with van der Waals surface area (Å²) in [5.41, 5.74) is 1.26. The number of Topliss-reactive ketones (excluding diaryl/α,β-unsaturated/α-hetero) is 3. The molecule has 16 heteroatoms. The average Bonchev–Trinajstić information content (AvgIpc) is 3.33. The van der Waals surface area contributed by atoms with Crippen LogP contribution in [-0.4, -0.2) is 145 Å². The molecule has 1 saturated carbocycles. The molecule has 4 rings (SSSR count). The van der Waals surface area contributed by atoms with Gasteiger partial charge in [0.15, 0.2) is 5.78 Å². The Morgan fingerprint density at radius 1 is 0.886 bits per heavy atom. The summed E-state index contributed by atoms with van der Waals surface area (Å²) in [6.07, 6.45) is 11.0. The highest BCUT2D eigenvalue weighted by molar-refractivity contribution is 6.38. The van der Waals surface area contributed by atoms with Crippen LogP contribution < -0.4 is 0 Å². The summed E-state index contributed by atoms with van der Waals surface area (Å²) >= 11 is 0. The van der Waals surface area contributed by atoms with Crippen LogP contribution in [0.3, 0.4) is 0 Å². The maximum Gasteiger partial charge on any atom is 0.311 e. The number of hydrogen-bond donors (Lipinski definition) is 3. The lowest BCUT2D eigenvalue weighted by molar-refractivity contribution is -0.265. The number of ether oxygens (including phenoxy) is 6. The number of ketones is 3. The number of amides is 1.